The van der Waals surface area contributed by atoms with E-state index in [0.29, 0.717) is 25.4 Å². The van der Waals surface area contributed by atoms with Crippen molar-refractivity contribution in [1.29, 1.82) is 0 Å². The molecule has 8 heteroatoms. The number of benzene rings is 1. The number of thiazole rings is 1. The number of ether oxygens (including phenoxy) is 1. The van der Waals surface area contributed by atoms with Crippen LogP contribution in [-0.4, -0.2) is 49.0 Å². The van der Waals surface area contributed by atoms with Crippen molar-refractivity contribution < 1.29 is 9.53 Å². The SMILES string of the molecule is CN=C(NCCOc1cccc(NC(C)=O)c1)N(C)Cc1csc(C)n1. The number of hydrogen-bond donors (Lipinski definition) is 2. The third kappa shape index (κ3) is 6.36. The van der Waals surface area contributed by atoms with Gasteiger partial charge in [0.25, 0.3) is 0 Å². The second-order valence-corrected chi connectivity index (χ2v) is 6.81. The molecule has 2 rings (SSSR count). The summed E-state index contributed by atoms with van der Waals surface area (Å²) < 4.78 is 5.73. The van der Waals surface area contributed by atoms with Gasteiger partial charge < -0.3 is 20.3 Å². The van der Waals surface area contributed by atoms with Gasteiger partial charge >= 0.3 is 0 Å². The Hall–Kier alpha value is -2.61. The lowest BCUT2D eigenvalue weighted by Crippen LogP contribution is -2.40. The first-order chi connectivity index (χ1) is 12.5. The number of anilines is 1. The first kappa shape index (κ1) is 19.7. The van der Waals surface area contributed by atoms with Gasteiger partial charge in [0.2, 0.25) is 5.91 Å². The van der Waals surface area contributed by atoms with Crippen LogP contribution in [0.1, 0.15) is 17.6 Å². The third-order valence-electron chi connectivity index (χ3n) is 3.45. The maximum Gasteiger partial charge on any atom is 0.221 e. The highest BCUT2D eigenvalue weighted by Crippen LogP contribution is 2.17. The van der Waals surface area contributed by atoms with Gasteiger partial charge in [-0.1, -0.05) is 6.07 Å². The summed E-state index contributed by atoms with van der Waals surface area (Å²) in [4.78, 5) is 21.9. The Bertz CT molecular complexity index is 760. The zero-order chi connectivity index (χ0) is 18.9. The Balaban J connectivity index is 1.77. The topological polar surface area (TPSA) is 78.9 Å². The van der Waals surface area contributed by atoms with E-state index in [-0.39, 0.29) is 5.91 Å². The summed E-state index contributed by atoms with van der Waals surface area (Å²) >= 11 is 1.65. The Labute approximate surface area is 158 Å². The average molecular weight is 375 g/mol. The zero-order valence-electron chi connectivity index (χ0n) is 15.6. The maximum atomic E-state index is 11.1. The van der Waals surface area contributed by atoms with Crippen LogP contribution in [0, 0.1) is 6.92 Å². The van der Waals surface area contributed by atoms with E-state index in [4.69, 9.17) is 4.74 Å². The van der Waals surface area contributed by atoms with Crippen LogP contribution in [0.15, 0.2) is 34.6 Å². The molecule has 0 aliphatic carbocycles. The lowest BCUT2D eigenvalue weighted by Gasteiger charge is -2.21. The molecule has 1 aromatic carbocycles. The van der Waals surface area contributed by atoms with E-state index in [2.05, 4.69) is 26.0 Å². The minimum absolute atomic E-state index is 0.106. The summed E-state index contributed by atoms with van der Waals surface area (Å²) in [6.07, 6.45) is 0. The molecule has 0 radical (unpaired) electrons. The third-order valence-corrected chi connectivity index (χ3v) is 4.27. The van der Waals surface area contributed by atoms with Gasteiger partial charge in [0, 0.05) is 38.2 Å². The predicted octanol–water partition coefficient (Wildman–Crippen LogP) is 2.50. The fourth-order valence-corrected chi connectivity index (χ4v) is 2.99. The van der Waals surface area contributed by atoms with Crippen LogP contribution < -0.4 is 15.4 Å². The van der Waals surface area contributed by atoms with Gasteiger partial charge in [-0.3, -0.25) is 9.79 Å². The van der Waals surface area contributed by atoms with Crippen LogP contribution in [0.2, 0.25) is 0 Å². The van der Waals surface area contributed by atoms with Gasteiger partial charge in [0.15, 0.2) is 5.96 Å². The second kappa shape index (κ2) is 9.76. The minimum Gasteiger partial charge on any atom is -0.492 e. The molecule has 0 atom stereocenters. The van der Waals surface area contributed by atoms with E-state index in [0.717, 1.165) is 22.3 Å². The van der Waals surface area contributed by atoms with E-state index in [1.165, 1.54) is 6.92 Å². The van der Waals surface area contributed by atoms with Crippen molar-refractivity contribution in [3.63, 3.8) is 0 Å². The van der Waals surface area contributed by atoms with E-state index in [1.807, 2.05) is 37.1 Å². The number of hydrogen-bond acceptors (Lipinski definition) is 5. The van der Waals surface area contributed by atoms with E-state index < -0.39 is 0 Å². The smallest absolute Gasteiger partial charge is 0.221 e. The van der Waals surface area contributed by atoms with Crippen LogP contribution in [0.3, 0.4) is 0 Å². The molecule has 1 amide bonds. The lowest BCUT2D eigenvalue weighted by atomic mass is 10.3. The summed E-state index contributed by atoms with van der Waals surface area (Å²) in [6, 6.07) is 7.32. The molecule has 0 fully saturated rings. The number of aryl methyl sites for hydroxylation is 1. The number of aliphatic imine (C=N–C) groups is 1. The molecule has 26 heavy (non-hydrogen) atoms. The summed E-state index contributed by atoms with van der Waals surface area (Å²) in [7, 11) is 3.73. The molecular weight excluding hydrogens is 350 g/mol. The summed E-state index contributed by atoms with van der Waals surface area (Å²) in [5.41, 5.74) is 1.75. The molecule has 0 unspecified atom stereocenters. The molecule has 7 nitrogen and oxygen atoms in total. The number of rotatable bonds is 7. The first-order valence-corrected chi connectivity index (χ1v) is 9.19. The van der Waals surface area contributed by atoms with Crippen molar-refractivity contribution in [1.82, 2.24) is 15.2 Å². The fourth-order valence-electron chi connectivity index (χ4n) is 2.38. The Morgan fingerprint density at radius 1 is 1.42 bits per heavy atom. The maximum absolute atomic E-state index is 11.1. The Kier molecular flexibility index (Phi) is 7.40. The van der Waals surface area contributed by atoms with Gasteiger partial charge in [-0.25, -0.2) is 4.98 Å². The van der Waals surface area contributed by atoms with E-state index in [9.17, 15) is 4.79 Å². The molecule has 0 aliphatic rings. The predicted molar refractivity (Wildman–Crippen MR) is 106 cm³/mol. The molecular formula is C18H25N5O2S. The largest absolute Gasteiger partial charge is 0.492 e. The van der Waals surface area contributed by atoms with Gasteiger partial charge in [-0.2, -0.15) is 0 Å². The van der Waals surface area contributed by atoms with Gasteiger partial charge in [0.05, 0.1) is 23.8 Å². The summed E-state index contributed by atoms with van der Waals surface area (Å²) in [5, 5.41) is 9.13. The molecule has 2 N–H and O–H groups in total. The average Bonchev–Trinajstić information content (AvgIpc) is 2.99. The fraction of sp³-hybridized carbons (Fsp3) is 0.389. The normalized spacial score (nSPS) is 11.2. The van der Waals surface area contributed by atoms with Gasteiger partial charge in [-0.15, -0.1) is 11.3 Å². The molecule has 0 bridgehead atoms. The second-order valence-electron chi connectivity index (χ2n) is 5.75. The van der Waals surface area contributed by atoms with Crippen molar-refractivity contribution in [2.45, 2.75) is 20.4 Å². The lowest BCUT2D eigenvalue weighted by molar-refractivity contribution is -0.114. The number of carbonyl (C=O) groups excluding carboxylic acids is 1. The zero-order valence-corrected chi connectivity index (χ0v) is 16.4. The molecule has 0 spiro atoms. The molecule has 1 heterocycles. The summed E-state index contributed by atoms with van der Waals surface area (Å²) in [6.45, 7) is 5.26. The number of nitrogens with zero attached hydrogens (tertiary/aromatic N) is 3. The minimum atomic E-state index is -0.106. The number of aromatic nitrogens is 1. The standard InChI is InChI=1S/C18H25N5O2S/c1-13(24)21-15-6-5-7-17(10-15)25-9-8-20-18(19-3)23(4)11-16-12-26-14(2)22-16/h5-7,10,12H,8-9,11H2,1-4H3,(H,19,20)(H,21,24). The number of guanidine groups is 1. The molecule has 0 saturated carbocycles. The highest BCUT2D eigenvalue weighted by atomic mass is 32.1. The van der Waals surface area contributed by atoms with E-state index >= 15 is 0 Å². The van der Waals surface area contributed by atoms with Gasteiger partial charge in [-0.05, 0) is 19.1 Å². The summed E-state index contributed by atoms with van der Waals surface area (Å²) in [5.74, 6) is 1.39. The molecule has 140 valence electrons. The van der Waals surface area contributed by atoms with E-state index in [1.54, 1.807) is 24.5 Å². The van der Waals surface area contributed by atoms with Crippen LogP contribution in [0.4, 0.5) is 5.69 Å². The number of carbonyl (C=O) groups is 1. The number of nitrogens with one attached hydrogen (secondary N) is 2. The van der Waals surface area contributed by atoms with Crippen molar-refractivity contribution in [2.75, 3.05) is 32.6 Å². The van der Waals surface area contributed by atoms with Crippen molar-refractivity contribution in [2.24, 2.45) is 4.99 Å². The Morgan fingerprint density at radius 2 is 2.23 bits per heavy atom. The van der Waals surface area contributed by atoms with Crippen LogP contribution >= 0.6 is 11.3 Å². The van der Waals surface area contributed by atoms with Crippen molar-refractivity contribution in [3.8, 4) is 5.75 Å². The van der Waals surface area contributed by atoms with Crippen molar-refractivity contribution in [3.05, 3.63) is 40.3 Å². The monoisotopic (exact) mass is 375 g/mol. The van der Waals surface area contributed by atoms with Crippen molar-refractivity contribution >= 4 is 28.9 Å². The Morgan fingerprint density at radius 3 is 2.88 bits per heavy atom. The number of amides is 1. The molecule has 0 aliphatic heterocycles. The highest BCUT2D eigenvalue weighted by molar-refractivity contribution is 7.09. The van der Waals surface area contributed by atoms with Gasteiger partial charge in [0.1, 0.15) is 12.4 Å². The quantitative estimate of drug-likeness (QED) is 0.442. The highest BCUT2D eigenvalue weighted by Gasteiger charge is 2.08. The molecule has 0 saturated heterocycles. The first-order valence-electron chi connectivity index (χ1n) is 8.31. The van der Waals surface area contributed by atoms with Crippen LogP contribution in [0.5, 0.6) is 5.75 Å². The molecule has 2 aromatic rings. The van der Waals surface area contributed by atoms with Crippen LogP contribution in [-0.2, 0) is 11.3 Å². The molecule has 1 aromatic heterocycles. The van der Waals surface area contributed by atoms with Crippen LogP contribution in [0.25, 0.3) is 0 Å².